The Hall–Kier alpha value is -3.53. The predicted molar refractivity (Wildman–Crippen MR) is 111 cm³/mol. The number of hydrogen-bond acceptors (Lipinski definition) is 3. The van der Waals surface area contributed by atoms with Crippen LogP contribution in [0.3, 0.4) is 0 Å². The van der Waals surface area contributed by atoms with Crippen molar-refractivity contribution in [2.24, 2.45) is 0 Å². The smallest absolute Gasteiger partial charge is 0.252 e. The fourth-order valence-corrected chi connectivity index (χ4v) is 2.90. The first kappa shape index (κ1) is 19.2. The Kier molecular flexibility index (Phi) is 6.47. The highest BCUT2D eigenvalue weighted by Gasteiger charge is 2.18. The average molecular weight is 373 g/mol. The molecular weight excluding hydrogens is 350 g/mol. The van der Waals surface area contributed by atoms with Crippen molar-refractivity contribution in [3.63, 3.8) is 0 Å². The molecule has 4 heteroatoms. The van der Waals surface area contributed by atoms with E-state index in [4.69, 9.17) is 9.47 Å². The van der Waals surface area contributed by atoms with Crippen LogP contribution in [-0.4, -0.2) is 19.6 Å². The second kappa shape index (κ2) is 9.42. The molecule has 0 aromatic heterocycles. The van der Waals surface area contributed by atoms with Crippen molar-refractivity contribution in [2.45, 2.75) is 6.04 Å². The van der Waals surface area contributed by atoms with Gasteiger partial charge in [-0.3, -0.25) is 4.79 Å². The lowest BCUT2D eigenvalue weighted by molar-refractivity contribution is 0.0942. The number of carbonyl (C=O) groups excluding carboxylic acids is 1. The van der Waals surface area contributed by atoms with Gasteiger partial charge in [0.2, 0.25) is 0 Å². The first-order valence-corrected chi connectivity index (χ1v) is 9.05. The Balaban J connectivity index is 1.86. The van der Waals surface area contributed by atoms with Crippen LogP contribution in [0.5, 0.6) is 11.5 Å². The van der Waals surface area contributed by atoms with Crippen LogP contribution >= 0.6 is 0 Å². The summed E-state index contributed by atoms with van der Waals surface area (Å²) in [5, 5.41) is 3.13. The quantitative estimate of drug-likeness (QED) is 0.578. The standard InChI is InChI=1S/C24H23NO3/c1-3-16-28-22-11-7-10-20(17-22)24(26)25-23(18-8-5-4-6-9-18)19-12-14-21(27-2)15-13-19/h3-15,17,23H,1,16H2,2H3,(H,25,26). The van der Waals surface area contributed by atoms with E-state index in [2.05, 4.69) is 11.9 Å². The van der Waals surface area contributed by atoms with E-state index in [1.165, 1.54) is 0 Å². The summed E-state index contributed by atoms with van der Waals surface area (Å²) in [6, 6.07) is 24.4. The van der Waals surface area contributed by atoms with Crippen molar-refractivity contribution in [3.8, 4) is 11.5 Å². The summed E-state index contributed by atoms with van der Waals surface area (Å²) in [5.41, 5.74) is 2.51. The van der Waals surface area contributed by atoms with Gasteiger partial charge < -0.3 is 14.8 Å². The van der Waals surface area contributed by atoms with E-state index < -0.39 is 0 Å². The molecule has 0 spiro atoms. The molecular formula is C24H23NO3. The summed E-state index contributed by atoms with van der Waals surface area (Å²) in [5.74, 6) is 1.23. The van der Waals surface area contributed by atoms with Gasteiger partial charge in [0.25, 0.3) is 5.91 Å². The molecule has 1 atom stereocenters. The summed E-state index contributed by atoms with van der Waals surface area (Å²) >= 11 is 0. The lowest BCUT2D eigenvalue weighted by atomic mass is 9.98. The van der Waals surface area contributed by atoms with Crippen LogP contribution in [0.4, 0.5) is 0 Å². The molecule has 1 N–H and O–H groups in total. The first-order chi connectivity index (χ1) is 13.7. The molecule has 142 valence electrons. The zero-order chi connectivity index (χ0) is 19.8. The highest BCUT2D eigenvalue weighted by molar-refractivity contribution is 5.95. The molecule has 3 aromatic rings. The number of rotatable bonds is 8. The SMILES string of the molecule is C=CCOc1cccc(C(=O)NC(c2ccccc2)c2ccc(OC)cc2)c1. The molecule has 3 rings (SSSR count). The minimum absolute atomic E-state index is 0.172. The van der Waals surface area contributed by atoms with Crippen LogP contribution < -0.4 is 14.8 Å². The number of benzene rings is 3. The van der Waals surface area contributed by atoms with Gasteiger partial charge in [0.15, 0.2) is 0 Å². The van der Waals surface area contributed by atoms with Crippen molar-refractivity contribution < 1.29 is 14.3 Å². The van der Waals surface area contributed by atoms with Crippen LogP contribution in [-0.2, 0) is 0 Å². The Morgan fingerprint density at radius 3 is 2.36 bits per heavy atom. The Bertz CT molecular complexity index is 920. The molecule has 0 aliphatic carbocycles. The minimum atomic E-state index is -0.280. The molecule has 0 heterocycles. The highest BCUT2D eigenvalue weighted by Crippen LogP contribution is 2.25. The Labute approximate surface area is 165 Å². The van der Waals surface area contributed by atoms with Gasteiger partial charge in [0.1, 0.15) is 18.1 Å². The number of hydrogen-bond donors (Lipinski definition) is 1. The summed E-state index contributed by atoms with van der Waals surface area (Å²) < 4.78 is 10.8. The molecule has 0 saturated heterocycles. The molecule has 0 radical (unpaired) electrons. The second-order valence-corrected chi connectivity index (χ2v) is 6.22. The number of amides is 1. The van der Waals surface area contributed by atoms with Crippen molar-refractivity contribution in [3.05, 3.63) is 108 Å². The third kappa shape index (κ3) is 4.80. The van der Waals surface area contributed by atoms with Gasteiger partial charge in [-0.15, -0.1) is 0 Å². The molecule has 4 nitrogen and oxygen atoms in total. The molecule has 1 amide bonds. The van der Waals surface area contributed by atoms with Gasteiger partial charge in [-0.1, -0.05) is 61.2 Å². The molecule has 0 aliphatic rings. The molecule has 0 aliphatic heterocycles. The zero-order valence-electron chi connectivity index (χ0n) is 15.8. The molecule has 1 unspecified atom stereocenters. The maximum absolute atomic E-state index is 12.9. The number of methoxy groups -OCH3 is 1. The minimum Gasteiger partial charge on any atom is -0.497 e. The van der Waals surface area contributed by atoms with Crippen LogP contribution in [0.15, 0.2) is 91.5 Å². The van der Waals surface area contributed by atoms with Gasteiger partial charge in [0.05, 0.1) is 13.2 Å². The summed E-state index contributed by atoms with van der Waals surface area (Å²) in [7, 11) is 1.63. The molecule has 0 fully saturated rings. The summed E-state index contributed by atoms with van der Waals surface area (Å²) in [6.45, 7) is 4.03. The fourth-order valence-electron chi connectivity index (χ4n) is 2.90. The van der Waals surface area contributed by atoms with Gasteiger partial charge >= 0.3 is 0 Å². The maximum atomic E-state index is 12.9. The van der Waals surface area contributed by atoms with Crippen molar-refractivity contribution >= 4 is 5.91 Å². The van der Waals surface area contributed by atoms with E-state index in [9.17, 15) is 4.79 Å². The Morgan fingerprint density at radius 1 is 0.964 bits per heavy atom. The van der Waals surface area contributed by atoms with Crippen LogP contribution in [0.25, 0.3) is 0 Å². The van der Waals surface area contributed by atoms with Crippen LogP contribution in [0, 0.1) is 0 Å². The largest absolute Gasteiger partial charge is 0.497 e. The molecule has 0 bridgehead atoms. The second-order valence-electron chi connectivity index (χ2n) is 6.22. The lowest BCUT2D eigenvalue weighted by Gasteiger charge is -2.20. The number of ether oxygens (including phenoxy) is 2. The molecule has 28 heavy (non-hydrogen) atoms. The van der Waals surface area contributed by atoms with Crippen molar-refractivity contribution in [1.82, 2.24) is 5.32 Å². The van der Waals surface area contributed by atoms with E-state index in [1.807, 2.05) is 60.7 Å². The lowest BCUT2D eigenvalue weighted by Crippen LogP contribution is -2.29. The monoisotopic (exact) mass is 373 g/mol. The third-order valence-corrected chi connectivity index (χ3v) is 4.32. The molecule has 3 aromatic carbocycles. The average Bonchev–Trinajstić information content (AvgIpc) is 2.77. The summed E-state index contributed by atoms with van der Waals surface area (Å²) in [6.07, 6.45) is 1.67. The first-order valence-electron chi connectivity index (χ1n) is 9.05. The zero-order valence-corrected chi connectivity index (χ0v) is 15.8. The van der Waals surface area contributed by atoms with Gasteiger partial charge in [-0.05, 0) is 41.5 Å². The molecule has 0 saturated carbocycles. The summed E-state index contributed by atoms with van der Waals surface area (Å²) in [4.78, 5) is 12.9. The number of nitrogens with one attached hydrogen (secondary N) is 1. The number of carbonyl (C=O) groups is 1. The van der Waals surface area contributed by atoms with Crippen LogP contribution in [0.1, 0.15) is 27.5 Å². The fraction of sp³-hybridized carbons (Fsp3) is 0.125. The van der Waals surface area contributed by atoms with E-state index in [0.29, 0.717) is 17.9 Å². The van der Waals surface area contributed by atoms with Gasteiger partial charge in [-0.2, -0.15) is 0 Å². The highest BCUT2D eigenvalue weighted by atomic mass is 16.5. The van der Waals surface area contributed by atoms with Gasteiger partial charge in [0, 0.05) is 5.56 Å². The maximum Gasteiger partial charge on any atom is 0.252 e. The van der Waals surface area contributed by atoms with Crippen molar-refractivity contribution in [1.29, 1.82) is 0 Å². The normalized spacial score (nSPS) is 11.3. The predicted octanol–water partition coefficient (Wildman–Crippen LogP) is 4.78. The van der Waals surface area contributed by atoms with E-state index in [1.54, 1.807) is 31.4 Å². The van der Waals surface area contributed by atoms with E-state index >= 15 is 0 Å². The van der Waals surface area contributed by atoms with Crippen LogP contribution in [0.2, 0.25) is 0 Å². The third-order valence-electron chi connectivity index (χ3n) is 4.32. The van der Waals surface area contributed by atoms with Crippen molar-refractivity contribution in [2.75, 3.05) is 13.7 Å². The van der Waals surface area contributed by atoms with Gasteiger partial charge in [-0.25, -0.2) is 0 Å². The topological polar surface area (TPSA) is 47.6 Å². The Morgan fingerprint density at radius 2 is 1.68 bits per heavy atom. The van der Waals surface area contributed by atoms with E-state index in [-0.39, 0.29) is 11.9 Å². The van der Waals surface area contributed by atoms with E-state index in [0.717, 1.165) is 16.9 Å².